The van der Waals surface area contributed by atoms with Crippen molar-refractivity contribution in [1.82, 2.24) is 10.2 Å². The molecule has 5 heteroatoms. The second kappa shape index (κ2) is 8.20. The molecular weight excluding hydrogens is 326 g/mol. The van der Waals surface area contributed by atoms with E-state index in [1.165, 1.54) is 5.56 Å². The van der Waals surface area contributed by atoms with E-state index in [0.29, 0.717) is 23.6 Å². The van der Waals surface area contributed by atoms with Crippen molar-refractivity contribution < 1.29 is 9.21 Å². The van der Waals surface area contributed by atoms with Crippen molar-refractivity contribution >= 4 is 5.91 Å². The number of nitrogens with zero attached hydrogens (tertiary/aromatic N) is 2. The van der Waals surface area contributed by atoms with Crippen LogP contribution in [0.25, 0.3) is 0 Å². The molecule has 1 amide bonds. The topological polar surface area (TPSA) is 69.3 Å². The number of carbonyl (C=O) groups excluding carboxylic acids is 1. The molecule has 1 aliphatic rings. The number of rotatable bonds is 5. The lowest BCUT2D eigenvalue weighted by atomic mass is 9.96. The first-order chi connectivity index (χ1) is 12.5. The molecule has 26 heavy (non-hydrogen) atoms. The second-order valence-corrected chi connectivity index (χ2v) is 7.06. The summed E-state index contributed by atoms with van der Waals surface area (Å²) >= 11 is 0. The van der Waals surface area contributed by atoms with Crippen molar-refractivity contribution in [1.29, 1.82) is 5.26 Å². The first kappa shape index (κ1) is 18.2. The number of amides is 1. The molecule has 136 valence electrons. The molecule has 1 aromatic heterocycles. The summed E-state index contributed by atoms with van der Waals surface area (Å²) in [6.45, 7) is 7.74. The number of furan rings is 1. The lowest BCUT2D eigenvalue weighted by molar-refractivity contribution is 0.0935. The van der Waals surface area contributed by atoms with Crippen LogP contribution in [0.1, 0.15) is 45.8 Å². The normalized spacial score (nSPS) is 15.6. The van der Waals surface area contributed by atoms with E-state index in [-0.39, 0.29) is 5.91 Å². The number of benzene rings is 1. The van der Waals surface area contributed by atoms with Gasteiger partial charge in [-0.05, 0) is 76.0 Å². The van der Waals surface area contributed by atoms with E-state index in [4.69, 9.17) is 9.68 Å². The van der Waals surface area contributed by atoms with E-state index in [1.807, 2.05) is 13.8 Å². The molecule has 0 aliphatic carbocycles. The average molecular weight is 351 g/mol. The lowest BCUT2D eigenvalue weighted by Crippen LogP contribution is -2.38. The van der Waals surface area contributed by atoms with Gasteiger partial charge in [0.1, 0.15) is 11.5 Å². The summed E-state index contributed by atoms with van der Waals surface area (Å²) in [4.78, 5) is 14.7. The highest BCUT2D eigenvalue weighted by atomic mass is 16.3. The van der Waals surface area contributed by atoms with Crippen molar-refractivity contribution in [2.24, 2.45) is 5.92 Å². The minimum atomic E-state index is -0.0681. The van der Waals surface area contributed by atoms with Crippen LogP contribution in [0.4, 0.5) is 0 Å². The van der Waals surface area contributed by atoms with Gasteiger partial charge in [0, 0.05) is 24.2 Å². The van der Waals surface area contributed by atoms with Gasteiger partial charge in [-0.1, -0.05) is 0 Å². The third-order valence-electron chi connectivity index (χ3n) is 5.07. The molecule has 2 aromatic rings. The Morgan fingerprint density at radius 3 is 2.54 bits per heavy atom. The van der Waals surface area contributed by atoms with Gasteiger partial charge in [-0.3, -0.25) is 9.69 Å². The van der Waals surface area contributed by atoms with Gasteiger partial charge >= 0.3 is 0 Å². The number of nitriles is 1. The molecule has 0 radical (unpaired) electrons. The van der Waals surface area contributed by atoms with Gasteiger partial charge in [0.2, 0.25) is 0 Å². The third kappa shape index (κ3) is 4.53. The van der Waals surface area contributed by atoms with Crippen LogP contribution in [-0.2, 0) is 6.54 Å². The van der Waals surface area contributed by atoms with Gasteiger partial charge in [-0.15, -0.1) is 0 Å². The number of piperidine rings is 1. The van der Waals surface area contributed by atoms with Crippen LogP contribution < -0.4 is 5.32 Å². The van der Waals surface area contributed by atoms with E-state index in [2.05, 4.69) is 22.4 Å². The molecule has 0 spiro atoms. The molecule has 0 bridgehead atoms. The maximum atomic E-state index is 12.2. The van der Waals surface area contributed by atoms with Crippen molar-refractivity contribution in [3.05, 3.63) is 58.5 Å². The maximum Gasteiger partial charge on any atom is 0.251 e. The molecule has 1 aromatic carbocycles. The molecule has 0 unspecified atom stereocenters. The number of nitrogens with one attached hydrogen (secondary N) is 1. The van der Waals surface area contributed by atoms with E-state index < -0.39 is 0 Å². The van der Waals surface area contributed by atoms with Gasteiger partial charge in [-0.2, -0.15) is 5.26 Å². The van der Waals surface area contributed by atoms with Crippen molar-refractivity contribution in [2.45, 2.75) is 33.2 Å². The molecule has 2 heterocycles. The van der Waals surface area contributed by atoms with Crippen LogP contribution in [0, 0.1) is 31.1 Å². The Bertz CT molecular complexity index is 794. The minimum Gasteiger partial charge on any atom is -0.466 e. The number of likely N-dealkylation sites (tertiary alicyclic amines) is 1. The van der Waals surface area contributed by atoms with Gasteiger partial charge < -0.3 is 9.73 Å². The van der Waals surface area contributed by atoms with Crippen LogP contribution in [0.5, 0.6) is 0 Å². The summed E-state index contributed by atoms with van der Waals surface area (Å²) in [5.74, 6) is 2.43. The van der Waals surface area contributed by atoms with Crippen molar-refractivity contribution in [3.8, 4) is 6.07 Å². The van der Waals surface area contributed by atoms with Gasteiger partial charge in [0.15, 0.2) is 0 Å². The zero-order chi connectivity index (χ0) is 18.5. The number of carbonyl (C=O) groups is 1. The SMILES string of the molecule is Cc1cc(CN2CCC(CNC(=O)c3ccc(C#N)cc3)CC2)c(C)o1. The van der Waals surface area contributed by atoms with E-state index in [0.717, 1.165) is 44.0 Å². The summed E-state index contributed by atoms with van der Waals surface area (Å²) in [6, 6.07) is 10.9. The highest BCUT2D eigenvalue weighted by molar-refractivity contribution is 5.94. The Hall–Kier alpha value is -2.58. The number of aryl methyl sites for hydroxylation is 2. The maximum absolute atomic E-state index is 12.2. The summed E-state index contributed by atoms with van der Waals surface area (Å²) < 4.78 is 5.61. The predicted octanol–water partition coefficient (Wildman–Crippen LogP) is 3.41. The fraction of sp³-hybridized carbons (Fsp3) is 0.429. The van der Waals surface area contributed by atoms with Crippen molar-refractivity contribution in [3.63, 3.8) is 0 Å². The molecule has 1 N–H and O–H groups in total. The Balaban J connectivity index is 1.43. The fourth-order valence-corrected chi connectivity index (χ4v) is 3.47. The Kier molecular flexibility index (Phi) is 5.75. The lowest BCUT2D eigenvalue weighted by Gasteiger charge is -2.31. The molecule has 5 nitrogen and oxygen atoms in total. The van der Waals surface area contributed by atoms with Crippen LogP contribution in [0.15, 0.2) is 34.7 Å². The summed E-state index contributed by atoms with van der Waals surface area (Å²) in [5, 5.41) is 11.8. The average Bonchev–Trinajstić information content (AvgIpc) is 2.98. The third-order valence-corrected chi connectivity index (χ3v) is 5.07. The zero-order valence-corrected chi connectivity index (χ0v) is 15.4. The number of hydrogen-bond donors (Lipinski definition) is 1. The van der Waals surface area contributed by atoms with Crippen LogP contribution in [-0.4, -0.2) is 30.4 Å². The molecular formula is C21H25N3O2. The smallest absolute Gasteiger partial charge is 0.251 e. The van der Waals surface area contributed by atoms with Gasteiger partial charge in [0.05, 0.1) is 11.6 Å². The van der Waals surface area contributed by atoms with Gasteiger partial charge in [-0.25, -0.2) is 0 Å². The predicted molar refractivity (Wildman–Crippen MR) is 99.7 cm³/mol. The zero-order valence-electron chi connectivity index (χ0n) is 15.4. The highest BCUT2D eigenvalue weighted by Gasteiger charge is 2.21. The Morgan fingerprint density at radius 1 is 1.27 bits per heavy atom. The second-order valence-electron chi connectivity index (χ2n) is 7.06. The first-order valence-electron chi connectivity index (χ1n) is 9.12. The van der Waals surface area contributed by atoms with Crippen LogP contribution in [0.2, 0.25) is 0 Å². The molecule has 1 fully saturated rings. The monoisotopic (exact) mass is 351 g/mol. The first-order valence-corrected chi connectivity index (χ1v) is 9.12. The van der Waals surface area contributed by atoms with Gasteiger partial charge in [0.25, 0.3) is 5.91 Å². The Morgan fingerprint density at radius 2 is 1.96 bits per heavy atom. The van der Waals surface area contributed by atoms with E-state index in [9.17, 15) is 4.79 Å². The molecule has 1 saturated heterocycles. The van der Waals surface area contributed by atoms with Crippen LogP contribution >= 0.6 is 0 Å². The highest BCUT2D eigenvalue weighted by Crippen LogP contribution is 2.21. The summed E-state index contributed by atoms with van der Waals surface area (Å²) in [5.41, 5.74) is 2.44. The molecule has 0 atom stereocenters. The summed E-state index contributed by atoms with van der Waals surface area (Å²) in [6.07, 6.45) is 2.17. The molecule has 0 saturated carbocycles. The van der Waals surface area contributed by atoms with Crippen molar-refractivity contribution in [2.75, 3.05) is 19.6 Å². The largest absolute Gasteiger partial charge is 0.466 e. The van der Waals surface area contributed by atoms with Crippen LogP contribution in [0.3, 0.4) is 0 Å². The molecule has 3 rings (SSSR count). The fourth-order valence-electron chi connectivity index (χ4n) is 3.47. The Labute approximate surface area is 154 Å². The molecule has 1 aliphatic heterocycles. The van der Waals surface area contributed by atoms with E-state index in [1.54, 1.807) is 24.3 Å². The quantitative estimate of drug-likeness (QED) is 0.896. The van der Waals surface area contributed by atoms with E-state index >= 15 is 0 Å². The summed E-state index contributed by atoms with van der Waals surface area (Å²) in [7, 11) is 0. The standard InChI is InChI=1S/C21H25N3O2/c1-15-11-20(16(2)26-15)14-24-9-7-18(8-10-24)13-23-21(25)19-5-3-17(12-22)4-6-19/h3-6,11,18H,7-10,13-14H2,1-2H3,(H,23,25). The number of hydrogen-bond acceptors (Lipinski definition) is 4. The minimum absolute atomic E-state index is 0.0681.